The van der Waals surface area contributed by atoms with Gasteiger partial charge in [0, 0.05) is 19.0 Å². The number of para-hydroxylation sites is 2. The summed E-state index contributed by atoms with van der Waals surface area (Å²) in [5.74, 6) is 0.297. The second-order valence-corrected chi connectivity index (χ2v) is 5.07. The summed E-state index contributed by atoms with van der Waals surface area (Å²) in [7, 11) is 0. The number of hydrogen-bond donors (Lipinski definition) is 1. The molecule has 6 nitrogen and oxygen atoms in total. The van der Waals surface area contributed by atoms with E-state index in [0.717, 1.165) is 0 Å². The van der Waals surface area contributed by atoms with E-state index >= 15 is 0 Å². The Morgan fingerprint density at radius 3 is 2.65 bits per heavy atom. The predicted molar refractivity (Wildman–Crippen MR) is 68.7 cm³/mol. The monoisotopic (exact) mass is 277 g/mol. The van der Waals surface area contributed by atoms with E-state index in [4.69, 9.17) is 14.6 Å². The van der Waals surface area contributed by atoms with Crippen LogP contribution in [0, 0.1) is 5.92 Å². The van der Waals surface area contributed by atoms with Crippen LogP contribution in [0.5, 0.6) is 11.5 Å². The summed E-state index contributed by atoms with van der Waals surface area (Å²) in [4.78, 5) is 24.4. The molecular formula is C14H15NO5. The molecule has 0 aromatic heterocycles. The highest BCUT2D eigenvalue weighted by molar-refractivity contribution is 5.83. The number of aliphatic carboxylic acids is 1. The Hall–Kier alpha value is -2.24. The Kier molecular flexibility index (Phi) is 3.22. The average Bonchev–Trinajstić information content (AvgIpc) is 2.41. The van der Waals surface area contributed by atoms with Gasteiger partial charge in [-0.05, 0) is 12.1 Å². The van der Waals surface area contributed by atoms with E-state index in [1.165, 1.54) is 0 Å². The number of carbonyl (C=O) groups is 2. The Morgan fingerprint density at radius 2 is 1.95 bits per heavy atom. The fourth-order valence-corrected chi connectivity index (χ4v) is 2.47. The minimum Gasteiger partial charge on any atom is -0.485 e. The molecule has 20 heavy (non-hydrogen) atoms. The van der Waals surface area contributed by atoms with Crippen LogP contribution in [0.1, 0.15) is 6.42 Å². The minimum atomic E-state index is -0.826. The van der Waals surface area contributed by atoms with Gasteiger partial charge in [0.15, 0.2) is 11.5 Å². The second-order valence-electron chi connectivity index (χ2n) is 5.07. The topological polar surface area (TPSA) is 76.1 Å². The molecule has 0 aliphatic carbocycles. The molecular weight excluding hydrogens is 262 g/mol. The minimum absolute atomic E-state index is 0.0493. The maximum atomic E-state index is 12.2. The molecule has 106 valence electrons. The standard InChI is InChI=1S/C14H15NO5/c16-13(17)5-9-6-15(7-9)14(18)12-8-19-10-3-1-2-4-11(10)20-12/h1-4,9,12H,5-8H2,(H,16,17). The van der Waals surface area contributed by atoms with Crippen molar-refractivity contribution in [1.82, 2.24) is 4.90 Å². The van der Waals surface area contributed by atoms with Crippen molar-refractivity contribution in [1.29, 1.82) is 0 Å². The number of carboxylic acids is 1. The fourth-order valence-electron chi connectivity index (χ4n) is 2.47. The molecule has 1 aromatic carbocycles. The first-order valence-corrected chi connectivity index (χ1v) is 6.52. The van der Waals surface area contributed by atoms with Gasteiger partial charge in [0.1, 0.15) is 6.61 Å². The van der Waals surface area contributed by atoms with Crippen LogP contribution in [0.2, 0.25) is 0 Å². The van der Waals surface area contributed by atoms with Crippen molar-refractivity contribution >= 4 is 11.9 Å². The highest BCUT2D eigenvalue weighted by Gasteiger charge is 2.38. The van der Waals surface area contributed by atoms with Crippen molar-refractivity contribution in [3.8, 4) is 11.5 Å². The summed E-state index contributed by atoms with van der Waals surface area (Å²) in [6.45, 7) is 1.15. The van der Waals surface area contributed by atoms with Gasteiger partial charge in [-0.1, -0.05) is 12.1 Å². The van der Waals surface area contributed by atoms with Gasteiger partial charge >= 0.3 is 5.97 Å². The third-order valence-corrected chi connectivity index (χ3v) is 3.52. The number of benzene rings is 1. The maximum absolute atomic E-state index is 12.2. The van der Waals surface area contributed by atoms with Crippen molar-refractivity contribution in [3.05, 3.63) is 24.3 Å². The normalized spacial score (nSPS) is 21.2. The predicted octanol–water partition coefficient (Wildman–Crippen LogP) is 0.759. The van der Waals surface area contributed by atoms with Gasteiger partial charge in [0.05, 0.1) is 6.42 Å². The van der Waals surface area contributed by atoms with Crippen molar-refractivity contribution in [3.63, 3.8) is 0 Å². The van der Waals surface area contributed by atoms with Crippen molar-refractivity contribution in [2.24, 2.45) is 5.92 Å². The van der Waals surface area contributed by atoms with Crippen LogP contribution in [-0.2, 0) is 9.59 Å². The third-order valence-electron chi connectivity index (χ3n) is 3.52. The van der Waals surface area contributed by atoms with Gasteiger partial charge in [-0.15, -0.1) is 0 Å². The first kappa shape index (κ1) is 12.8. The molecule has 0 spiro atoms. The molecule has 1 unspecified atom stereocenters. The second kappa shape index (κ2) is 5.03. The molecule has 2 aliphatic rings. The van der Waals surface area contributed by atoms with Crippen molar-refractivity contribution in [2.45, 2.75) is 12.5 Å². The number of likely N-dealkylation sites (tertiary alicyclic amines) is 1. The van der Waals surface area contributed by atoms with Gasteiger partial charge in [-0.3, -0.25) is 9.59 Å². The Morgan fingerprint density at radius 1 is 1.25 bits per heavy atom. The molecule has 0 radical (unpaired) electrons. The lowest BCUT2D eigenvalue weighted by Gasteiger charge is -2.40. The summed E-state index contributed by atoms with van der Waals surface area (Å²) in [6.07, 6.45) is -0.537. The van der Waals surface area contributed by atoms with Crippen LogP contribution in [0.4, 0.5) is 0 Å². The van der Waals surface area contributed by atoms with Gasteiger partial charge in [0.2, 0.25) is 6.10 Å². The van der Waals surface area contributed by atoms with E-state index < -0.39 is 12.1 Å². The van der Waals surface area contributed by atoms with E-state index in [0.29, 0.717) is 24.6 Å². The molecule has 1 N–H and O–H groups in total. The van der Waals surface area contributed by atoms with Gasteiger partial charge in [-0.2, -0.15) is 0 Å². The lowest BCUT2D eigenvalue weighted by molar-refractivity contribution is -0.151. The van der Waals surface area contributed by atoms with Crippen LogP contribution < -0.4 is 9.47 Å². The molecule has 1 fully saturated rings. The van der Waals surface area contributed by atoms with E-state index in [2.05, 4.69) is 0 Å². The molecule has 0 saturated carbocycles. The van der Waals surface area contributed by atoms with Crippen LogP contribution in [-0.4, -0.2) is 47.7 Å². The average molecular weight is 277 g/mol. The van der Waals surface area contributed by atoms with E-state index in [1.54, 1.807) is 17.0 Å². The number of rotatable bonds is 3. The van der Waals surface area contributed by atoms with Crippen LogP contribution in [0.3, 0.4) is 0 Å². The number of carbonyl (C=O) groups excluding carboxylic acids is 1. The number of fused-ring (bicyclic) bond motifs is 1. The molecule has 1 amide bonds. The smallest absolute Gasteiger partial charge is 0.303 e. The van der Waals surface area contributed by atoms with Crippen LogP contribution >= 0.6 is 0 Å². The molecule has 1 atom stereocenters. The number of amides is 1. The quantitative estimate of drug-likeness (QED) is 0.882. The largest absolute Gasteiger partial charge is 0.485 e. The van der Waals surface area contributed by atoms with Crippen molar-refractivity contribution < 1.29 is 24.2 Å². The summed E-state index contributed by atoms with van der Waals surface area (Å²) >= 11 is 0. The first-order valence-electron chi connectivity index (χ1n) is 6.52. The molecule has 1 aromatic rings. The SMILES string of the molecule is O=C(O)CC1CN(C(=O)C2COc3ccccc3O2)C1. The molecule has 2 aliphatic heterocycles. The number of nitrogens with zero attached hydrogens (tertiary/aromatic N) is 1. The van der Waals surface area contributed by atoms with E-state index in [1.807, 2.05) is 12.1 Å². The Labute approximate surface area is 115 Å². The fraction of sp³-hybridized carbons (Fsp3) is 0.429. The zero-order chi connectivity index (χ0) is 14.1. The maximum Gasteiger partial charge on any atom is 0.303 e. The van der Waals surface area contributed by atoms with E-state index in [9.17, 15) is 9.59 Å². The number of carboxylic acid groups (broad SMARTS) is 1. The van der Waals surface area contributed by atoms with Crippen LogP contribution in [0.25, 0.3) is 0 Å². The molecule has 3 rings (SSSR count). The first-order chi connectivity index (χ1) is 9.63. The molecule has 0 bridgehead atoms. The summed E-state index contributed by atoms with van der Waals surface area (Å²) in [5.41, 5.74) is 0. The van der Waals surface area contributed by atoms with Crippen molar-refractivity contribution in [2.75, 3.05) is 19.7 Å². The van der Waals surface area contributed by atoms with E-state index in [-0.39, 0.29) is 24.9 Å². The Bertz CT molecular complexity index is 538. The molecule has 2 heterocycles. The summed E-state index contributed by atoms with van der Waals surface area (Å²) < 4.78 is 11.1. The summed E-state index contributed by atoms with van der Waals surface area (Å²) in [5, 5.41) is 8.68. The highest BCUT2D eigenvalue weighted by Crippen LogP contribution is 2.32. The summed E-state index contributed by atoms with van der Waals surface area (Å²) in [6, 6.07) is 7.22. The highest BCUT2D eigenvalue weighted by atomic mass is 16.6. The third kappa shape index (κ3) is 2.41. The Balaban J connectivity index is 1.57. The molecule has 1 saturated heterocycles. The number of ether oxygens (including phenoxy) is 2. The molecule has 6 heteroatoms. The number of hydrogen-bond acceptors (Lipinski definition) is 4. The van der Waals surface area contributed by atoms with Gasteiger partial charge in [0.25, 0.3) is 5.91 Å². The van der Waals surface area contributed by atoms with Crippen LogP contribution in [0.15, 0.2) is 24.3 Å². The zero-order valence-corrected chi connectivity index (χ0v) is 10.8. The lowest BCUT2D eigenvalue weighted by atomic mass is 9.96. The lowest BCUT2D eigenvalue weighted by Crippen LogP contribution is -2.56. The zero-order valence-electron chi connectivity index (χ0n) is 10.8. The van der Waals surface area contributed by atoms with Gasteiger partial charge < -0.3 is 19.5 Å². The van der Waals surface area contributed by atoms with Gasteiger partial charge in [-0.25, -0.2) is 0 Å².